The number of hydrogen-bond acceptors (Lipinski definition) is 2. The van der Waals surface area contributed by atoms with Crippen molar-refractivity contribution in [2.75, 3.05) is 13.1 Å². The number of thiocarbonyl (C=S) groups is 1. The van der Waals surface area contributed by atoms with Gasteiger partial charge in [0.2, 0.25) is 5.91 Å². The highest BCUT2D eigenvalue weighted by molar-refractivity contribution is 7.80. The van der Waals surface area contributed by atoms with Crippen LogP contribution in [0.2, 0.25) is 0 Å². The maximum absolute atomic E-state index is 11.6. The fourth-order valence-electron chi connectivity index (χ4n) is 1.76. The van der Waals surface area contributed by atoms with Gasteiger partial charge in [0.1, 0.15) is 0 Å². The lowest BCUT2D eigenvalue weighted by atomic mass is 10.1. The molecule has 1 fully saturated rings. The van der Waals surface area contributed by atoms with Crippen molar-refractivity contribution in [1.82, 2.24) is 4.90 Å². The molecule has 1 rings (SSSR count). The lowest BCUT2D eigenvalue weighted by Gasteiger charge is -2.24. The Hall–Kier alpha value is -0.640. The summed E-state index contributed by atoms with van der Waals surface area (Å²) in [6, 6.07) is 0. The zero-order chi connectivity index (χ0) is 10.4. The molecule has 0 radical (unpaired) electrons. The van der Waals surface area contributed by atoms with Gasteiger partial charge in [-0.15, -0.1) is 0 Å². The summed E-state index contributed by atoms with van der Waals surface area (Å²) in [5, 5.41) is 0. The molecule has 3 nitrogen and oxygen atoms in total. The van der Waals surface area contributed by atoms with Crippen LogP contribution in [0, 0.1) is 0 Å². The molecule has 0 spiro atoms. The van der Waals surface area contributed by atoms with Gasteiger partial charge in [-0.1, -0.05) is 31.5 Å². The molecule has 1 aliphatic heterocycles. The van der Waals surface area contributed by atoms with Gasteiger partial charge in [-0.3, -0.25) is 4.79 Å². The Morgan fingerprint density at radius 3 is 2.14 bits per heavy atom. The van der Waals surface area contributed by atoms with Gasteiger partial charge in [0.05, 0.1) is 11.4 Å². The number of nitrogens with two attached hydrogens (primary N) is 1. The number of amides is 1. The van der Waals surface area contributed by atoms with Crippen molar-refractivity contribution in [3.63, 3.8) is 0 Å². The predicted octanol–water partition coefficient (Wildman–Crippen LogP) is 1.46. The van der Waals surface area contributed by atoms with Crippen LogP contribution < -0.4 is 5.73 Å². The highest BCUT2D eigenvalue weighted by Crippen LogP contribution is 2.11. The van der Waals surface area contributed by atoms with Crippen molar-refractivity contribution in [2.24, 2.45) is 5.73 Å². The number of rotatable bonds is 2. The summed E-state index contributed by atoms with van der Waals surface area (Å²) in [6.07, 6.45) is 6.23. The van der Waals surface area contributed by atoms with Crippen LogP contribution >= 0.6 is 12.2 Å². The summed E-state index contributed by atoms with van der Waals surface area (Å²) in [5.74, 6) is 0.0967. The van der Waals surface area contributed by atoms with Gasteiger partial charge in [0, 0.05) is 13.1 Å². The second-order valence-corrected chi connectivity index (χ2v) is 4.32. The third-order valence-corrected chi connectivity index (χ3v) is 2.68. The first-order chi connectivity index (χ1) is 6.70. The first-order valence-electron chi connectivity index (χ1n) is 5.26. The van der Waals surface area contributed by atoms with Crippen LogP contribution in [0.5, 0.6) is 0 Å². The average molecular weight is 214 g/mol. The molecule has 2 N–H and O–H groups in total. The number of carbonyl (C=O) groups excluding carboxylic acids is 1. The number of hydrogen-bond donors (Lipinski definition) is 1. The van der Waals surface area contributed by atoms with Crippen molar-refractivity contribution >= 4 is 23.1 Å². The summed E-state index contributed by atoms with van der Waals surface area (Å²) in [5.41, 5.74) is 5.35. The molecule has 0 atom stereocenters. The zero-order valence-corrected chi connectivity index (χ0v) is 9.31. The van der Waals surface area contributed by atoms with Gasteiger partial charge in [-0.05, 0) is 12.8 Å². The molecule has 14 heavy (non-hydrogen) atoms. The molecule has 1 aliphatic rings. The van der Waals surface area contributed by atoms with Crippen molar-refractivity contribution in [3.05, 3.63) is 0 Å². The van der Waals surface area contributed by atoms with E-state index in [9.17, 15) is 4.79 Å². The Balaban J connectivity index is 2.38. The molecular formula is C10H18N2OS. The van der Waals surface area contributed by atoms with E-state index in [2.05, 4.69) is 0 Å². The first-order valence-corrected chi connectivity index (χ1v) is 5.67. The molecule has 0 saturated carbocycles. The minimum Gasteiger partial charge on any atom is -0.393 e. The van der Waals surface area contributed by atoms with Crippen LogP contribution in [0.25, 0.3) is 0 Å². The van der Waals surface area contributed by atoms with Crippen molar-refractivity contribution in [2.45, 2.75) is 38.5 Å². The quantitative estimate of drug-likeness (QED) is 0.708. The molecular weight excluding hydrogens is 196 g/mol. The largest absolute Gasteiger partial charge is 0.393 e. The Morgan fingerprint density at radius 1 is 1.14 bits per heavy atom. The van der Waals surface area contributed by atoms with E-state index in [1.165, 1.54) is 19.3 Å². The van der Waals surface area contributed by atoms with Crippen molar-refractivity contribution in [3.8, 4) is 0 Å². The van der Waals surface area contributed by atoms with E-state index in [1.54, 1.807) is 0 Å². The van der Waals surface area contributed by atoms with Crippen LogP contribution in [0.1, 0.15) is 38.5 Å². The monoisotopic (exact) mass is 214 g/mol. The Kier molecular flexibility index (Phi) is 4.87. The number of nitrogens with zero attached hydrogens (tertiary/aromatic N) is 1. The molecule has 0 aliphatic carbocycles. The standard InChI is InChI=1S/C10H18N2OS/c11-9(14)8-10(13)12-6-4-2-1-3-5-7-12/h1-8H2,(H2,11,14). The highest BCUT2D eigenvalue weighted by Gasteiger charge is 2.14. The van der Waals surface area contributed by atoms with E-state index in [4.69, 9.17) is 18.0 Å². The summed E-state index contributed by atoms with van der Waals surface area (Å²) >= 11 is 4.73. The van der Waals surface area contributed by atoms with Gasteiger partial charge >= 0.3 is 0 Å². The van der Waals surface area contributed by atoms with Gasteiger partial charge in [-0.25, -0.2) is 0 Å². The molecule has 0 unspecified atom stereocenters. The topological polar surface area (TPSA) is 46.3 Å². The predicted molar refractivity (Wildman–Crippen MR) is 61.1 cm³/mol. The molecule has 1 heterocycles. The normalized spacial score (nSPS) is 18.4. The highest BCUT2D eigenvalue weighted by atomic mass is 32.1. The first kappa shape index (κ1) is 11.4. The Morgan fingerprint density at radius 2 is 1.64 bits per heavy atom. The van der Waals surface area contributed by atoms with E-state index < -0.39 is 0 Å². The van der Waals surface area contributed by atoms with Crippen LogP contribution in [-0.2, 0) is 4.79 Å². The van der Waals surface area contributed by atoms with Gasteiger partial charge in [-0.2, -0.15) is 0 Å². The van der Waals surface area contributed by atoms with Crippen LogP contribution in [0.15, 0.2) is 0 Å². The maximum atomic E-state index is 11.6. The molecule has 0 aromatic rings. The molecule has 0 bridgehead atoms. The SMILES string of the molecule is NC(=S)CC(=O)N1CCCCCCC1. The van der Waals surface area contributed by atoms with Gasteiger partial charge in [0.15, 0.2) is 0 Å². The van der Waals surface area contributed by atoms with E-state index in [1.807, 2.05) is 4.90 Å². The van der Waals surface area contributed by atoms with E-state index in [-0.39, 0.29) is 12.3 Å². The van der Waals surface area contributed by atoms with Crippen molar-refractivity contribution < 1.29 is 4.79 Å². The molecule has 1 amide bonds. The fourth-order valence-corrected chi connectivity index (χ4v) is 1.88. The van der Waals surface area contributed by atoms with Crippen molar-refractivity contribution in [1.29, 1.82) is 0 Å². The second-order valence-electron chi connectivity index (χ2n) is 3.79. The Labute approximate surface area is 90.6 Å². The third kappa shape index (κ3) is 4.05. The third-order valence-electron chi connectivity index (χ3n) is 2.53. The molecule has 4 heteroatoms. The van der Waals surface area contributed by atoms with Gasteiger partial charge < -0.3 is 10.6 Å². The molecule has 80 valence electrons. The smallest absolute Gasteiger partial charge is 0.229 e. The zero-order valence-electron chi connectivity index (χ0n) is 8.50. The summed E-state index contributed by atoms with van der Waals surface area (Å²) < 4.78 is 0. The molecule has 0 aromatic heterocycles. The lowest BCUT2D eigenvalue weighted by Crippen LogP contribution is -2.35. The van der Waals surface area contributed by atoms with Crippen LogP contribution in [0.4, 0.5) is 0 Å². The minimum atomic E-state index is 0.0967. The maximum Gasteiger partial charge on any atom is 0.229 e. The summed E-state index contributed by atoms with van der Waals surface area (Å²) in [4.78, 5) is 13.8. The van der Waals surface area contributed by atoms with E-state index >= 15 is 0 Å². The minimum absolute atomic E-state index is 0.0967. The van der Waals surface area contributed by atoms with Crippen LogP contribution in [0.3, 0.4) is 0 Å². The summed E-state index contributed by atoms with van der Waals surface area (Å²) in [7, 11) is 0. The second kappa shape index (κ2) is 5.96. The summed E-state index contributed by atoms with van der Waals surface area (Å²) in [6.45, 7) is 1.75. The van der Waals surface area contributed by atoms with E-state index in [0.717, 1.165) is 25.9 Å². The average Bonchev–Trinajstić information content (AvgIpc) is 2.00. The lowest BCUT2D eigenvalue weighted by molar-refractivity contribution is -0.130. The Bertz CT molecular complexity index is 210. The van der Waals surface area contributed by atoms with Crippen LogP contribution in [-0.4, -0.2) is 28.9 Å². The van der Waals surface area contributed by atoms with Gasteiger partial charge in [0.25, 0.3) is 0 Å². The molecule has 0 aromatic carbocycles. The van der Waals surface area contributed by atoms with E-state index in [0.29, 0.717) is 4.99 Å². The molecule has 1 saturated heterocycles. The fraction of sp³-hybridized carbons (Fsp3) is 0.800. The number of likely N-dealkylation sites (tertiary alicyclic amines) is 1. The number of carbonyl (C=O) groups is 1.